The molecule has 0 bridgehead atoms. The van der Waals surface area contributed by atoms with Gasteiger partial charge in [0.05, 0.1) is 14.2 Å². The highest BCUT2D eigenvalue weighted by molar-refractivity contribution is 5.93. The summed E-state index contributed by atoms with van der Waals surface area (Å²) in [6, 6.07) is 0. The summed E-state index contributed by atoms with van der Waals surface area (Å²) in [5, 5.41) is 0. The molecule has 27 heavy (non-hydrogen) atoms. The van der Waals surface area contributed by atoms with E-state index in [0.29, 0.717) is 11.5 Å². The lowest BCUT2D eigenvalue weighted by Crippen LogP contribution is -2.03. The summed E-state index contributed by atoms with van der Waals surface area (Å²) in [6.45, 7) is 13.7. The van der Waals surface area contributed by atoms with Crippen LogP contribution < -0.4 is 0 Å². The molecule has 0 rings (SSSR count). The van der Waals surface area contributed by atoms with Crippen molar-refractivity contribution in [3.63, 3.8) is 0 Å². The van der Waals surface area contributed by atoms with E-state index >= 15 is 0 Å². The number of hydrogen-bond acceptors (Lipinski definition) is 3. The molecule has 1 atom stereocenters. The second kappa shape index (κ2) is 18.5. The predicted octanol–water partition coefficient (Wildman–Crippen LogP) is 6.71. The molecule has 0 fully saturated rings. The molecular formula is C24H38O3. The van der Waals surface area contributed by atoms with Crippen LogP contribution in [0.15, 0.2) is 72.3 Å². The molecule has 0 saturated heterocycles. The number of carbonyl (C=O) groups is 1. The molecule has 0 aliphatic rings. The zero-order chi connectivity index (χ0) is 21.1. The summed E-state index contributed by atoms with van der Waals surface area (Å²) >= 11 is 0. The smallest absolute Gasteiger partial charge is 0.162 e. The zero-order valence-corrected chi connectivity index (χ0v) is 18.2. The Labute approximate surface area is 166 Å². The lowest BCUT2D eigenvalue weighted by Gasteiger charge is -2.10. The Morgan fingerprint density at radius 2 is 1.52 bits per heavy atom. The fourth-order valence-corrected chi connectivity index (χ4v) is 1.86. The molecule has 1 unspecified atom stereocenters. The van der Waals surface area contributed by atoms with Crippen molar-refractivity contribution in [2.45, 2.75) is 53.9 Å². The van der Waals surface area contributed by atoms with Crippen molar-refractivity contribution < 1.29 is 14.3 Å². The minimum absolute atomic E-state index is 0.0211. The molecule has 0 amide bonds. The van der Waals surface area contributed by atoms with Crippen molar-refractivity contribution in [1.29, 1.82) is 0 Å². The lowest BCUT2D eigenvalue weighted by atomic mass is 10.1. The first kappa shape index (κ1) is 26.9. The number of rotatable bonds is 11. The Hall–Kier alpha value is -2.29. The lowest BCUT2D eigenvalue weighted by molar-refractivity contribution is -0.116. The number of hydrogen-bond donors (Lipinski definition) is 0. The summed E-state index contributed by atoms with van der Waals surface area (Å²) in [5.41, 5.74) is 0.871. The van der Waals surface area contributed by atoms with Crippen molar-refractivity contribution >= 4 is 5.78 Å². The molecule has 152 valence electrons. The summed E-state index contributed by atoms with van der Waals surface area (Å²) in [6.07, 6.45) is 18.2. The average molecular weight is 375 g/mol. The highest BCUT2D eigenvalue weighted by Gasteiger charge is 2.07. The summed E-state index contributed by atoms with van der Waals surface area (Å²) in [5.74, 6) is 1.15. The van der Waals surface area contributed by atoms with E-state index in [-0.39, 0.29) is 11.7 Å². The van der Waals surface area contributed by atoms with E-state index in [2.05, 4.69) is 32.6 Å². The minimum Gasteiger partial charge on any atom is -0.493 e. The third-order valence-corrected chi connectivity index (χ3v) is 3.58. The van der Waals surface area contributed by atoms with Gasteiger partial charge in [0.1, 0.15) is 0 Å². The van der Waals surface area contributed by atoms with Gasteiger partial charge in [-0.25, -0.2) is 0 Å². The largest absolute Gasteiger partial charge is 0.493 e. The molecule has 0 heterocycles. The minimum atomic E-state index is -0.181. The quantitative estimate of drug-likeness (QED) is 0.174. The van der Waals surface area contributed by atoms with Gasteiger partial charge in [-0.1, -0.05) is 58.1 Å². The van der Waals surface area contributed by atoms with Gasteiger partial charge >= 0.3 is 0 Å². The number of methoxy groups -OCH3 is 2. The standard InChI is InChI=1S/C18H26O3.C6H12/c1-7-10-17(20-5)18(21-6)13-15(9-3)11-12-16(19)14(4)8-2;1-3-5-6-4-2/h8-14H,2,7H2,1,3-6H3;5-6H,3-4H2,1-2H3/b12-11+,15-9?,17-10+,18-13+;6-5+. The Morgan fingerprint density at radius 1 is 0.963 bits per heavy atom. The molecule has 0 spiro atoms. The predicted molar refractivity (Wildman–Crippen MR) is 117 cm³/mol. The van der Waals surface area contributed by atoms with Crippen LogP contribution in [-0.4, -0.2) is 20.0 Å². The van der Waals surface area contributed by atoms with E-state index in [1.807, 2.05) is 39.0 Å². The van der Waals surface area contributed by atoms with Gasteiger partial charge in [0.2, 0.25) is 0 Å². The molecule has 0 radical (unpaired) electrons. The first-order valence-corrected chi connectivity index (χ1v) is 9.61. The van der Waals surface area contributed by atoms with E-state index in [1.54, 1.807) is 32.4 Å². The topological polar surface area (TPSA) is 35.5 Å². The second-order valence-electron chi connectivity index (χ2n) is 5.73. The highest BCUT2D eigenvalue weighted by Crippen LogP contribution is 2.16. The SMILES string of the molecule is C=CC(C)C(=O)/C=C/C(=CC)/C=C(OC)\C(=C/CC)OC.CC/C=C/CC. The summed E-state index contributed by atoms with van der Waals surface area (Å²) in [4.78, 5) is 11.8. The van der Waals surface area contributed by atoms with Gasteiger partial charge in [0, 0.05) is 5.92 Å². The molecule has 0 aromatic rings. The van der Waals surface area contributed by atoms with Gasteiger partial charge in [0.25, 0.3) is 0 Å². The van der Waals surface area contributed by atoms with Crippen LogP contribution in [0.5, 0.6) is 0 Å². The average Bonchev–Trinajstić information content (AvgIpc) is 2.70. The van der Waals surface area contributed by atoms with Crippen LogP contribution in [0.1, 0.15) is 53.9 Å². The third-order valence-electron chi connectivity index (χ3n) is 3.58. The molecule has 0 aliphatic carbocycles. The van der Waals surface area contributed by atoms with E-state index in [0.717, 1.165) is 12.0 Å². The van der Waals surface area contributed by atoms with Gasteiger partial charge in [-0.15, -0.1) is 6.58 Å². The Kier molecular flexibility index (Phi) is 18.5. The summed E-state index contributed by atoms with van der Waals surface area (Å²) in [7, 11) is 3.20. The van der Waals surface area contributed by atoms with Crippen molar-refractivity contribution in [2.75, 3.05) is 14.2 Å². The van der Waals surface area contributed by atoms with Crippen LogP contribution in [0.25, 0.3) is 0 Å². The molecule has 0 aromatic carbocycles. The monoisotopic (exact) mass is 374 g/mol. The Bertz CT molecular complexity index is 554. The molecule has 0 N–H and O–H groups in total. The van der Waals surface area contributed by atoms with Crippen LogP contribution in [0, 0.1) is 5.92 Å². The second-order valence-corrected chi connectivity index (χ2v) is 5.73. The first-order chi connectivity index (χ1) is 12.9. The molecule has 0 aromatic heterocycles. The van der Waals surface area contributed by atoms with Gasteiger partial charge in [-0.3, -0.25) is 4.79 Å². The number of ether oxygens (including phenoxy) is 2. The molecule has 0 aliphatic heterocycles. The van der Waals surface area contributed by atoms with Crippen LogP contribution in [0.3, 0.4) is 0 Å². The number of ketones is 1. The van der Waals surface area contributed by atoms with Crippen molar-refractivity contribution in [3.05, 3.63) is 72.3 Å². The summed E-state index contributed by atoms with van der Waals surface area (Å²) < 4.78 is 10.7. The molecule has 0 saturated carbocycles. The van der Waals surface area contributed by atoms with Gasteiger partial charge < -0.3 is 9.47 Å². The fraction of sp³-hybridized carbons (Fsp3) is 0.458. The maximum atomic E-state index is 11.8. The van der Waals surface area contributed by atoms with Crippen LogP contribution in [-0.2, 0) is 14.3 Å². The van der Waals surface area contributed by atoms with Crippen LogP contribution in [0.2, 0.25) is 0 Å². The van der Waals surface area contributed by atoms with Gasteiger partial charge in [0.15, 0.2) is 17.3 Å². The van der Waals surface area contributed by atoms with Gasteiger partial charge in [-0.2, -0.15) is 0 Å². The van der Waals surface area contributed by atoms with E-state index in [4.69, 9.17) is 9.47 Å². The van der Waals surface area contributed by atoms with Crippen molar-refractivity contribution in [1.82, 2.24) is 0 Å². The molecule has 3 nitrogen and oxygen atoms in total. The maximum Gasteiger partial charge on any atom is 0.162 e. The third kappa shape index (κ3) is 13.6. The first-order valence-electron chi connectivity index (χ1n) is 9.61. The maximum absolute atomic E-state index is 11.8. The molecular weight excluding hydrogens is 336 g/mol. The molecule has 3 heteroatoms. The zero-order valence-electron chi connectivity index (χ0n) is 18.2. The van der Waals surface area contributed by atoms with E-state index < -0.39 is 0 Å². The van der Waals surface area contributed by atoms with Crippen LogP contribution >= 0.6 is 0 Å². The normalized spacial score (nSPS) is 14.0. The van der Waals surface area contributed by atoms with E-state index in [9.17, 15) is 4.79 Å². The fourth-order valence-electron chi connectivity index (χ4n) is 1.86. The van der Waals surface area contributed by atoms with Crippen molar-refractivity contribution in [2.24, 2.45) is 5.92 Å². The van der Waals surface area contributed by atoms with Crippen molar-refractivity contribution in [3.8, 4) is 0 Å². The van der Waals surface area contributed by atoms with Crippen LogP contribution in [0.4, 0.5) is 0 Å². The number of allylic oxidation sites excluding steroid dienone is 9. The Morgan fingerprint density at radius 3 is 1.89 bits per heavy atom. The highest BCUT2D eigenvalue weighted by atomic mass is 16.5. The van der Waals surface area contributed by atoms with Gasteiger partial charge in [-0.05, 0) is 50.0 Å². The Balaban J connectivity index is 0. The van der Waals surface area contributed by atoms with E-state index in [1.165, 1.54) is 12.8 Å². The number of carbonyl (C=O) groups excluding carboxylic acids is 1.